The lowest BCUT2D eigenvalue weighted by atomic mass is 10.1. The van der Waals surface area contributed by atoms with Crippen molar-refractivity contribution in [2.24, 2.45) is 5.92 Å². The van der Waals surface area contributed by atoms with E-state index in [1.54, 1.807) is 12.5 Å². The van der Waals surface area contributed by atoms with Crippen LogP contribution in [0.25, 0.3) is 0 Å². The lowest BCUT2D eigenvalue weighted by Gasteiger charge is -1.96. The molecule has 0 radical (unpaired) electrons. The van der Waals surface area contributed by atoms with Gasteiger partial charge in [0.1, 0.15) is 0 Å². The molecule has 1 aromatic heterocycles. The molecule has 1 heterocycles. The van der Waals surface area contributed by atoms with Gasteiger partial charge in [-0.1, -0.05) is 19.8 Å². The number of ketones is 1. The molecule has 0 N–H and O–H groups in total. The summed E-state index contributed by atoms with van der Waals surface area (Å²) < 4.78 is 4.96. The first-order valence-corrected chi connectivity index (χ1v) is 5.71. The van der Waals surface area contributed by atoms with Gasteiger partial charge in [-0.15, -0.1) is 0 Å². The molecule has 0 aromatic carbocycles. The average molecular weight is 218 g/mol. The van der Waals surface area contributed by atoms with Crippen LogP contribution in [-0.4, -0.2) is 5.78 Å². The highest BCUT2D eigenvalue weighted by Gasteiger charge is 2.00. The number of hydrogen-bond donors (Lipinski definition) is 0. The minimum Gasteiger partial charge on any atom is -0.472 e. The average Bonchev–Trinajstić information content (AvgIpc) is 2.68. The van der Waals surface area contributed by atoms with Gasteiger partial charge >= 0.3 is 0 Å². The second-order valence-electron chi connectivity index (χ2n) is 4.31. The molecule has 0 bridgehead atoms. The van der Waals surface area contributed by atoms with Crippen LogP contribution in [0, 0.1) is 17.8 Å². The van der Waals surface area contributed by atoms with Gasteiger partial charge in [0.2, 0.25) is 5.78 Å². The van der Waals surface area contributed by atoms with Crippen LogP contribution < -0.4 is 0 Å². The smallest absolute Gasteiger partial charge is 0.205 e. The molecule has 0 amide bonds. The molecule has 0 aliphatic heterocycles. The second-order valence-corrected chi connectivity index (χ2v) is 4.31. The van der Waals surface area contributed by atoms with Crippen molar-refractivity contribution in [2.75, 3.05) is 0 Å². The molecule has 1 aromatic rings. The minimum absolute atomic E-state index is 0.0540. The van der Waals surface area contributed by atoms with Gasteiger partial charge in [0.05, 0.1) is 12.5 Å². The highest BCUT2D eigenvalue weighted by atomic mass is 16.3. The fourth-order valence-corrected chi connectivity index (χ4v) is 1.40. The molecule has 0 unspecified atom stereocenters. The van der Waals surface area contributed by atoms with Crippen LogP contribution in [0.4, 0.5) is 0 Å². The maximum absolute atomic E-state index is 11.3. The first-order chi connectivity index (χ1) is 7.68. The summed E-state index contributed by atoms with van der Waals surface area (Å²) in [6.45, 7) is 4.05. The summed E-state index contributed by atoms with van der Waals surface area (Å²) in [4.78, 5) is 11.3. The Balaban J connectivity index is 2.15. The monoisotopic (exact) mass is 218 g/mol. The Labute approximate surface area is 97.0 Å². The molecule has 2 nitrogen and oxygen atoms in total. The molecular formula is C14H18O2. The molecule has 0 spiro atoms. The largest absolute Gasteiger partial charge is 0.472 e. The van der Waals surface area contributed by atoms with Crippen molar-refractivity contribution in [2.45, 2.75) is 39.5 Å². The Hall–Kier alpha value is -1.49. The highest BCUT2D eigenvalue weighted by Crippen LogP contribution is 2.05. The van der Waals surface area contributed by atoms with E-state index in [0.717, 1.165) is 19.3 Å². The lowest BCUT2D eigenvalue weighted by Crippen LogP contribution is -1.98. The topological polar surface area (TPSA) is 30.2 Å². The standard InChI is InChI=1S/C14H18O2/c1-12(2)10-14(15)7-5-3-4-6-13-8-9-16-11-13/h8-9,11-12H,3-4,6,10H2,1-2H3. The third-order valence-corrected chi connectivity index (χ3v) is 2.17. The Kier molecular flexibility index (Phi) is 5.42. The lowest BCUT2D eigenvalue weighted by molar-refractivity contribution is -0.114. The molecule has 0 atom stereocenters. The zero-order valence-electron chi connectivity index (χ0n) is 9.95. The van der Waals surface area contributed by atoms with E-state index in [-0.39, 0.29) is 5.78 Å². The zero-order valence-corrected chi connectivity index (χ0v) is 9.95. The van der Waals surface area contributed by atoms with Gasteiger partial charge in [0.15, 0.2) is 0 Å². The van der Waals surface area contributed by atoms with Crippen LogP contribution in [0.3, 0.4) is 0 Å². The van der Waals surface area contributed by atoms with Crippen molar-refractivity contribution in [1.82, 2.24) is 0 Å². The normalized spacial score (nSPS) is 9.94. The molecule has 16 heavy (non-hydrogen) atoms. The van der Waals surface area contributed by atoms with E-state index < -0.39 is 0 Å². The summed E-state index contributed by atoms with van der Waals surface area (Å²) in [6, 6.07) is 1.96. The van der Waals surface area contributed by atoms with E-state index >= 15 is 0 Å². The predicted octanol–water partition coefficient (Wildman–Crippen LogP) is 3.22. The molecule has 0 aliphatic carbocycles. The summed E-state index contributed by atoms with van der Waals surface area (Å²) in [5.74, 6) is 6.05. The van der Waals surface area contributed by atoms with E-state index in [1.165, 1.54) is 5.56 Å². The summed E-state index contributed by atoms with van der Waals surface area (Å²) in [7, 11) is 0. The van der Waals surface area contributed by atoms with Gasteiger partial charge in [0.25, 0.3) is 0 Å². The number of Topliss-reactive ketones (excluding diaryl/α,β-unsaturated/α-hetero) is 1. The van der Waals surface area contributed by atoms with Gasteiger partial charge in [-0.3, -0.25) is 4.79 Å². The Morgan fingerprint density at radius 1 is 1.50 bits per heavy atom. The molecule has 0 saturated carbocycles. The first kappa shape index (κ1) is 12.6. The number of carbonyl (C=O) groups is 1. The molecule has 0 saturated heterocycles. The quantitative estimate of drug-likeness (QED) is 0.431. The number of unbranched alkanes of at least 4 members (excludes halogenated alkanes) is 1. The van der Waals surface area contributed by atoms with Gasteiger partial charge in [-0.05, 0) is 36.3 Å². The van der Waals surface area contributed by atoms with E-state index in [1.807, 2.05) is 19.9 Å². The summed E-state index contributed by atoms with van der Waals surface area (Å²) in [5, 5.41) is 0. The van der Waals surface area contributed by atoms with Crippen LogP contribution in [0.2, 0.25) is 0 Å². The van der Waals surface area contributed by atoms with Crippen molar-refractivity contribution < 1.29 is 9.21 Å². The van der Waals surface area contributed by atoms with Crippen LogP contribution >= 0.6 is 0 Å². The maximum atomic E-state index is 11.3. The Morgan fingerprint density at radius 2 is 2.31 bits per heavy atom. The number of carbonyl (C=O) groups excluding carboxylic acids is 1. The van der Waals surface area contributed by atoms with Crippen LogP contribution in [0.1, 0.15) is 38.7 Å². The van der Waals surface area contributed by atoms with Gasteiger partial charge < -0.3 is 4.42 Å². The fraction of sp³-hybridized carbons (Fsp3) is 0.500. The van der Waals surface area contributed by atoms with Crippen LogP contribution in [-0.2, 0) is 11.2 Å². The number of aryl methyl sites for hydroxylation is 1. The molecule has 86 valence electrons. The Bertz CT molecular complexity index is 363. The molecule has 0 aliphatic rings. The molecule has 1 rings (SSSR count). The van der Waals surface area contributed by atoms with Gasteiger partial charge in [0, 0.05) is 12.8 Å². The van der Waals surface area contributed by atoms with Crippen molar-refractivity contribution >= 4 is 5.78 Å². The molecular weight excluding hydrogens is 200 g/mol. The van der Waals surface area contributed by atoms with Crippen molar-refractivity contribution in [1.29, 1.82) is 0 Å². The van der Waals surface area contributed by atoms with Crippen molar-refractivity contribution in [3.63, 3.8) is 0 Å². The highest BCUT2D eigenvalue weighted by molar-refractivity contribution is 5.95. The zero-order chi connectivity index (χ0) is 11.8. The summed E-state index contributed by atoms with van der Waals surface area (Å²) in [6.07, 6.45) is 6.69. The Morgan fingerprint density at radius 3 is 2.94 bits per heavy atom. The SMILES string of the molecule is CC(C)CC(=O)C#CCCCc1ccoc1. The van der Waals surface area contributed by atoms with E-state index in [2.05, 4.69) is 11.8 Å². The van der Waals surface area contributed by atoms with Gasteiger partial charge in [-0.2, -0.15) is 0 Å². The molecule has 2 heteroatoms. The maximum Gasteiger partial charge on any atom is 0.205 e. The van der Waals surface area contributed by atoms with E-state index in [4.69, 9.17) is 4.42 Å². The summed E-state index contributed by atoms with van der Waals surface area (Å²) >= 11 is 0. The predicted molar refractivity (Wildman–Crippen MR) is 63.9 cm³/mol. The number of rotatable bonds is 5. The third-order valence-electron chi connectivity index (χ3n) is 2.17. The molecule has 0 fully saturated rings. The van der Waals surface area contributed by atoms with E-state index in [9.17, 15) is 4.79 Å². The summed E-state index contributed by atoms with van der Waals surface area (Å²) in [5.41, 5.74) is 1.19. The number of furan rings is 1. The second kappa shape index (κ2) is 6.90. The van der Waals surface area contributed by atoms with Crippen molar-refractivity contribution in [3.05, 3.63) is 24.2 Å². The third kappa shape index (κ3) is 5.41. The van der Waals surface area contributed by atoms with Crippen molar-refractivity contribution in [3.8, 4) is 11.8 Å². The van der Waals surface area contributed by atoms with Gasteiger partial charge in [-0.25, -0.2) is 0 Å². The first-order valence-electron chi connectivity index (χ1n) is 5.71. The van der Waals surface area contributed by atoms with Crippen LogP contribution in [0.5, 0.6) is 0 Å². The van der Waals surface area contributed by atoms with Crippen LogP contribution in [0.15, 0.2) is 23.0 Å². The minimum atomic E-state index is 0.0540. The number of hydrogen-bond acceptors (Lipinski definition) is 2. The van der Waals surface area contributed by atoms with E-state index in [0.29, 0.717) is 12.3 Å². The fourth-order valence-electron chi connectivity index (χ4n) is 1.40.